The van der Waals surface area contributed by atoms with E-state index in [1.54, 1.807) is 31.3 Å². The summed E-state index contributed by atoms with van der Waals surface area (Å²) in [7, 11) is 1.57. The molecule has 18 heavy (non-hydrogen) atoms. The van der Waals surface area contributed by atoms with E-state index in [0.717, 1.165) is 0 Å². The van der Waals surface area contributed by atoms with Gasteiger partial charge in [0.2, 0.25) is 11.8 Å². The van der Waals surface area contributed by atoms with Crippen molar-refractivity contribution in [2.75, 3.05) is 25.5 Å². The summed E-state index contributed by atoms with van der Waals surface area (Å²) in [6.07, 6.45) is 0.237. The summed E-state index contributed by atoms with van der Waals surface area (Å²) in [5, 5.41) is 3.20. The summed E-state index contributed by atoms with van der Waals surface area (Å²) in [4.78, 5) is 24.4. The van der Waals surface area contributed by atoms with Crippen LogP contribution in [0.2, 0.25) is 5.02 Å². The van der Waals surface area contributed by atoms with Gasteiger partial charge in [-0.05, 0) is 18.2 Å². The van der Waals surface area contributed by atoms with Crippen molar-refractivity contribution in [2.45, 2.75) is 6.42 Å². The van der Waals surface area contributed by atoms with Crippen LogP contribution in [0.15, 0.2) is 24.3 Å². The molecule has 0 unspecified atom stereocenters. The lowest BCUT2D eigenvalue weighted by molar-refractivity contribution is -0.133. The van der Waals surface area contributed by atoms with Crippen LogP contribution in [0, 0.1) is 0 Å². The molecule has 0 aliphatic carbocycles. The zero-order chi connectivity index (χ0) is 13.5. The van der Waals surface area contributed by atoms with Gasteiger partial charge in [-0.3, -0.25) is 9.59 Å². The predicted molar refractivity (Wildman–Crippen MR) is 71.4 cm³/mol. The number of halogens is 1. The maximum absolute atomic E-state index is 11.7. The molecule has 0 aliphatic heterocycles. The Labute approximate surface area is 111 Å². The van der Waals surface area contributed by atoms with Crippen molar-refractivity contribution in [3.63, 3.8) is 0 Å². The van der Waals surface area contributed by atoms with Gasteiger partial charge >= 0.3 is 0 Å². The highest BCUT2D eigenvalue weighted by Crippen LogP contribution is 2.14. The van der Waals surface area contributed by atoms with E-state index in [-0.39, 0.29) is 31.3 Å². The third-order valence-corrected chi connectivity index (χ3v) is 2.51. The molecule has 98 valence electrons. The van der Waals surface area contributed by atoms with Crippen LogP contribution in [0.5, 0.6) is 0 Å². The van der Waals surface area contributed by atoms with Gasteiger partial charge in [0.25, 0.3) is 0 Å². The molecule has 1 rings (SSSR count). The number of nitrogens with zero attached hydrogens (tertiary/aromatic N) is 1. The SMILES string of the molecule is CN(CC(=O)Nc1cccc(Cl)c1)C(=O)CCN. The number of nitrogens with one attached hydrogen (secondary N) is 1. The first-order valence-corrected chi connectivity index (χ1v) is 5.90. The molecule has 0 heterocycles. The van der Waals surface area contributed by atoms with E-state index in [1.807, 2.05) is 0 Å². The van der Waals surface area contributed by atoms with E-state index >= 15 is 0 Å². The van der Waals surface area contributed by atoms with E-state index in [4.69, 9.17) is 17.3 Å². The summed E-state index contributed by atoms with van der Waals surface area (Å²) in [5.41, 5.74) is 5.88. The Balaban J connectivity index is 2.49. The number of amides is 2. The Bertz CT molecular complexity index is 437. The smallest absolute Gasteiger partial charge is 0.243 e. The predicted octanol–water partition coefficient (Wildman–Crippen LogP) is 1.09. The van der Waals surface area contributed by atoms with Gasteiger partial charge < -0.3 is 16.0 Å². The van der Waals surface area contributed by atoms with E-state index in [9.17, 15) is 9.59 Å². The van der Waals surface area contributed by atoms with Gasteiger partial charge in [-0.1, -0.05) is 17.7 Å². The molecular formula is C12H16ClN3O2. The van der Waals surface area contributed by atoms with Crippen LogP contribution in [0.25, 0.3) is 0 Å². The van der Waals surface area contributed by atoms with E-state index in [2.05, 4.69) is 5.32 Å². The molecule has 1 aromatic carbocycles. The number of hydrogen-bond donors (Lipinski definition) is 2. The minimum Gasteiger partial charge on any atom is -0.336 e. The Morgan fingerprint density at radius 3 is 2.78 bits per heavy atom. The maximum Gasteiger partial charge on any atom is 0.243 e. The Hall–Kier alpha value is -1.59. The molecule has 2 amide bonds. The number of carbonyl (C=O) groups excluding carboxylic acids is 2. The number of hydrogen-bond acceptors (Lipinski definition) is 3. The fourth-order valence-electron chi connectivity index (χ4n) is 1.38. The van der Waals surface area contributed by atoms with Crippen LogP contribution in [-0.4, -0.2) is 36.9 Å². The summed E-state index contributed by atoms with van der Waals surface area (Å²) >= 11 is 5.80. The fraction of sp³-hybridized carbons (Fsp3) is 0.333. The van der Waals surface area contributed by atoms with Gasteiger partial charge in [0.15, 0.2) is 0 Å². The van der Waals surface area contributed by atoms with Crippen LogP contribution in [0.3, 0.4) is 0 Å². The molecule has 0 spiro atoms. The van der Waals surface area contributed by atoms with Crippen LogP contribution in [0.1, 0.15) is 6.42 Å². The largest absolute Gasteiger partial charge is 0.336 e. The van der Waals surface area contributed by atoms with Crippen LogP contribution in [0.4, 0.5) is 5.69 Å². The van der Waals surface area contributed by atoms with Gasteiger partial charge in [-0.2, -0.15) is 0 Å². The van der Waals surface area contributed by atoms with E-state index < -0.39 is 0 Å². The number of nitrogens with two attached hydrogens (primary N) is 1. The van der Waals surface area contributed by atoms with Gasteiger partial charge in [-0.15, -0.1) is 0 Å². The zero-order valence-electron chi connectivity index (χ0n) is 10.1. The molecule has 3 N–H and O–H groups in total. The highest BCUT2D eigenvalue weighted by atomic mass is 35.5. The number of carbonyl (C=O) groups is 2. The Kier molecular flexibility index (Phi) is 5.61. The maximum atomic E-state index is 11.7. The van der Waals surface area contributed by atoms with Crippen LogP contribution >= 0.6 is 11.6 Å². The second-order valence-corrected chi connectivity index (χ2v) is 4.28. The molecular weight excluding hydrogens is 254 g/mol. The lowest BCUT2D eigenvalue weighted by atomic mass is 10.3. The summed E-state index contributed by atoms with van der Waals surface area (Å²) in [5.74, 6) is -0.427. The van der Waals surface area contributed by atoms with E-state index in [1.165, 1.54) is 4.90 Å². The van der Waals surface area contributed by atoms with Crippen molar-refractivity contribution < 1.29 is 9.59 Å². The minimum absolute atomic E-state index is 0.00858. The highest BCUT2D eigenvalue weighted by Gasteiger charge is 2.12. The Morgan fingerprint density at radius 2 is 2.17 bits per heavy atom. The minimum atomic E-state index is -0.273. The quantitative estimate of drug-likeness (QED) is 0.840. The van der Waals surface area contributed by atoms with Crippen LogP contribution in [-0.2, 0) is 9.59 Å². The first kappa shape index (κ1) is 14.5. The van der Waals surface area contributed by atoms with Crippen molar-refractivity contribution in [1.82, 2.24) is 4.90 Å². The zero-order valence-corrected chi connectivity index (χ0v) is 10.9. The average molecular weight is 270 g/mol. The molecule has 0 fully saturated rings. The van der Waals surface area contributed by atoms with Gasteiger partial charge in [0, 0.05) is 30.7 Å². The monoisotopic (exact) mass is 269 g/mol. The molecule has 0 bridgehead atoms. The van der Waals surface area contributed by atoms with Crippen molar-refractivity contribution in [3.8, 4) is 0 Å². The standard InChI is InChI=1S/C12H16ClN3O2/c1-16(12(18)5-6-14)8-11(17)15-10-4-2-3-9(13)7-10/h2-4,7H,5-6,8,14H2,1H3,(H,15,17). The van der Waals surface area contributed by atoms with Crippen LogP contribution < -0.4 is 11.1 Å². The summed E-state index contributed by atoms with van der Waals surface area (Å²) < 4.78 is 0. The number of benzene rings is 1. The summed E-state index contributed by atoms with van der Waals surface area (Å²) in [6.45, 7) is 0.268. The number of likely N-dealkylation sites (N-methyl/N-ethyl adjacent to an activating group) is 1. The number of rotatable bonds is 5. The summed E-state index contributed by atoms with van der Waals surface area (Å²) in [6, 6.07) is 6.82. The topological polar surface area (TPSA) is 75.4 Å². The van der Waals surface area contributed by atoms with Crippen molar-refractivity contribution >= 4 is 29.1 Å². The van der Waals surface area contributed by atoms with Gasteiger partial charge in [0.1, 0.15) is 0 Å². The molecule has 0 atom stereocenters. The normalized spacial score (nSPS) is 9.94. The third-order valence-electron chi connectivity index (χ3n) is 2.27. The van der Waals surface area contributed by atoms with Crippen molar-refractivity contribution in [1.29, 1.82) is 0 Å². The lowest BCUT2D eigenvalue weighted by Crippen LogP contribution is -2.35. The van der Waals surface area contributed by atoms with Crippen molar-refractivity contribution in [2.24, 2.45) is 5.73 Å². The average Bonchev–Trinajstić information content (AvgIpc) is 2.28. The first-order valence-electron chi connectivity index (χ1n) is 5.52. The molecule has 6 heteroatoms. The second kappa shape index (κ2) is 6.98. The fourth-order valence-corrected chi connectivity index (χ4v) is 1.57. The lowest BCUT2D eigenvalue weighted by Gasteiger charge is -2.16. The molecule has 0 saturated heterocycles. The molecule has 0 aromatic heterocycles. The van der Waals surface area contributed by atoms with E-state index in [0.29, 0.717) is 10.7 Å². The van der Waals surface area contributed by atoms with Crippen molar-refractivity contribution in [3.05, 3.63) is 29.3 Å². The van der Waals surface area contributed by atoms with Gasteiger partial charge in [0.05, 0.1) is 6.54 Å². The second-order valence-electron chi connectivity index (χ2n) is 3.85. The molecule has 1 aromatic rings. The Morgan fingerprint density at radius 1 is 1.44 bits per heavy atom. The molecule has 5 nitrogen and oxygen atoms in total. The molecule has 0 aliphatic rings. The van der Waals surface area contributed by atoms with Gasteiger partial charge in [-0.25, -0.2) is 0 Å². The first-order chi connectivity index (χ1) is 8.52. The highest BCUT2D eigenvalue weighted by molar-refractivity contribution is 6.30. The number of anilines is 1. The molecule has 0 saturated carbocycles. The third kappa shape index (κ3) is 4.73. The molecule has 0 radical (unpaired) electrons.